The van der Waals surface area contributed by atoms with Gasteiger partial charge in [0, 0.05) is 12.2 Å². The number of rotatable bonds is 2. The van der Waals surface area contributed by atoms with E-state index in [1.165, 1.54) is 17.0 Å². The number of nitriles is 1. The van der Waals surface area contributed by atoms with Crippen LogP contribution >= 0.6 is 11.6 Å². The summed E-state index contributed by atoms with van der Waals surface area (Å²) in [5.41, 5.74) is 0.752. The van der Waals surface area contributed by atoms with E-state index in [2.05, 4.69) is 0 Å². The highest BCUT2D eigenvalue weighted by Crippen LogP contribution is 2.35. The van der Waals surface area contributed by atoms with Crippen molar-refractivity contribution in [1.29, 1.82) is 5.26 Å². The highest BCUT2D eigenvalue weighted by atomic mass is 35.5. The molecule has 0 radical (unpaired) electrons. The minimum absolute atomic E-state index is 0.192. The second kappa shape index (κ2) is 5.51. The second-order valence-electron chi connectivity index (χ2n) is 4.67. The SMILES string of the molecule is N#Cc1ccc(N2CCC[C@H]2[C@@H](O)C(F)(F)F)cc1Cl. The Balaban J connectivity index is 2.28. The molecule has 20 heavy (non-hydrogen) atoms. The molecule has 0 aliphatic carbocycles. The molecular formula is C13H12ClF3N2O. The zero-order valence-corrected chi connectivity index (χ0v) is 11.1. The molecule has 0 amide bonds. The van der Waals surface area contributed by atoms with E-state index in [9.17, 15) is 18.3 Å². The summed E-state index contributed by atoms with van der Waals surface area (Å²) in [6.45, 7) is 0.417. The van der Waals surface area contributed by atoms with E-state index in [0.717, 1.165) is 0 Å². The van der Waals surface area contributed by atoms with Crippen molar-refractivity contribution in [2.24, 2.45) is 0 Å². The summed E-state index contributed by atoms with van der Waals surface area (Å²) in [5, 5.41) is 18.4. The fourth-order valence-corrected chi connectivity index (χ4v) is 2.65. The minimum atomic E-state index is -4.65. The molecule has 3 nitrogen and oxygen atoms in total. The van der Waals surface area contributed by atoms with Crippen molar-refractivity contribution in [2.75, 3.05) is 11.4 Å². The first-order valence-electron chi connectivity index (χ1n) is 6.05. The maximum absolute atomic E-state index is 12.6. The van der Waals surface area contributed by atoms with Crippen molar-refractivity contribution in [3.8, 4) is 6.07 Å². The van der Waals surface area contributed by atoms with Crippen LogP contribution in [0.2, 0.25) is 5.02 Å². The van der Waals surface area contributed by atoms with Gasteiger partial charge < -0.3 is 10.0 Å². The van der Waals surface area contributed by atoms with Crippen LogP contribution in [0, 0.1) is 11.3 Å². The van der Waals surface area contributed by atoms with E-state index in [0.29, 0.717) is 18.7 Å². The van der Waals surface area contributed by atoms with Crippen LogP contribution in [0.25, 0.3) is 0 Å². The van der Waals surface area contributed by atoms with E-state index < -0.39 is 18.3 Å². The van der Waals surface area contributed by atoms with Gasteiger partial charge in [-0.25, -0.2) is 0 Å². The van der Waals surface area contributed by atoms with Crippen LogP contribution in [0.15, 0.2) is 18.2 Å². The predicted octanol–water partition coefficient (Wildman–Crippen LogP) is 3.10. The third-order valence-corrected chi connectivity index (χ3v) is 3.72. The van der Waals surface area contributed by atoms with Crippen LogP contribution in [-0.2, 0) is 0 Å². The zero-order chi connectivity index (χ0) is 14.9. The highest BCUT2D eigenvalue weighted by Gasteiger charge is 2.47. The largest absolute Gasteiger partial charge is 0.416 e. The van der Waals surface area contributed by atoms with E-state index in [-0.39, 0.29) is 17.0 Å². The molecule has 0 unspecified atom stereocenters. The topological polar surface area (TPSA) is 47.3 Å². The third-order valence-electron chi connectivity index (χ3n) is 3.40. The second-order valence-corrected chi connectivity index (χ2v) is 5.07. The van der Waals surface area contributed by atoms with E-state index in [1.807, 2.05) is 6.07 Å². The molecule has 0 aromatic heterocycles. The molecular weight excluding hydrogens is 293 g/mol. The maximum Gasteiger partial charge on any atom is 0.416 e. The Morgan fingerprint density at radius 1 is 1.45 bits per heavy atom. The number of hydrogen-bond acceptors (Lipinski definition) is 3. The molecule has 1 aliphatic rings. The third kappa shape index (κ3) is 2.84. The Bertz CT molecular complexity index is 541. The average molecular weight is 305 g/mol. The van der Waals surface area contributed by atoms with Gasteiger partial charge in [-0.3, -0.25) is 0 Å². The number of nitrogens with zero attached hydrogens (tertiary/aromatic N) is 2. The maximum atomic E-state index is 12.6. The number of hydrogen-bond donors (Lipinski definition) is 1. The molecule has 1 aliphatic heterocycles. The van der Waals surface area contributed by atoms with Gasteiger partial charge in [0.05, 0.1) is 16.6 Å². The first-order chi connectivity index (χ1) is 9.34. The Morgan fingerprint density at radius 2 is 2.15 bits per heavy atom. The zero-order valence-electron chi connectivity index (χ0n) is 10.4. The number of aliphatic hydroxyl groups excluding tert-OH is 1. The van der Waals surface area contributed by atoms with Gasteiger partial charge in [0.2, 0.25) is 0 Å². The average Bonchev–Trinajstić information content (AvgIpc) is 2.85. The van der Waals surface area contributed by atoms with Gasteiger partial charge >= 0.3 is 6.18 Å². The standard InChI is InChI=1S/C13H12ClF3N2O/c14-10-6-9(4-3-8(10)7-18)19-5-1-2-11(19)12(20)13(15,16)17/h3-4,6,11-12,20H,1-2,5H2/t11-,12+/m0/s1. The Labute approximate surface area is 119 Å². The highest BCUT2D eigenvalue weighted by molar-refractivity contribution is 6.32. The van der Waals surface area contributed by atoms with E-state index in [1.54, 1.807) is 6.07 Å². The lowest BCUT2D eigenvalue weighted by molar-refractivity contribution is -0.209. The summed E-state index contributed by atoms with van der Waals surface area (Å²) >= 11 is 5.89. The van der Waals surface area contributed by atoms with Gasteiger partial charge in [-0.2, -0.15) is 18.4 Å². The normalized spacial score (nSPS) is 20.8. The van der Waals surface area contributed by atoms with Gasteiger partial charge in [-0.15, -0.1) is 0 Å². The lowest BCUT2D eigenvalue weighted by Gasteiger charge is -2.31. The Morgan fingerprint density at radius 3 is 2.70 bits per heavy atom. The molecule has 1 aromatic carbocycles. The van der Waals surface area contributed by atoms with E-state index >= 15 is 0 Å². The van der Waals surface area contributed by atoms with Gasteiger partial charge in [-0.1, -0.05) is 11.6 Å². The number of anilines is 1. The monoisotopic (exact) mass is 304 g/mol. The van der Waals surface area contributed by atoms with Crippen molar-refractivity contribution in [2.45, 2.75) is 31.2 Å². The van der Waals surface area contributed by atoms with Crippen LogP contribution in [0.4, 0.5) is 18.9 Å². The first kappa shape index (κ1) is 14.9. The summed E-state index contributed by atoms with van der Waals surface area (Å²) in [4.78, 5) is 1.49. The smallest absolute Gasteiger partial charge is 0.382 e. The summed E-state index contributed by atoms with van der Waals surface area (Å²) in [5.74, 6) is 0. The van der Waals surface area contributed by atoms with Crippen molar-refractivity contribution in [1.82, 2.24) is 0 Å². The van der Waals surface area contributed by atoms with Crippen LogP contribution in [0.5, 0.6) is 0 Å². The molecule has 1 heterocycles. The van der Waals surface area contributed by atoms with Crippen LogP contribution in [-0.4, -0.2) is 30.0 Å². The van der Waals surface area contributed by atoms with Gasteiger partial charge in [0.25, 0.3) is 0 Å². The number of halogens is 4. The van der Waals surface area contributed by atoms with Crippen LogP contribution in [0.3, 0.4) is 0 Å². The summed E-state index contributed by atoms with van der Waals surface area (Å²) in [6, 6.07) is 5.35. The molecule has 1 aromatic rings. The molecule has 108 valence electrons. The predicted molar refractivity (Wildman–Crippen MR) is 68.6 cm³/mol. The molecule has 2 rings (SSSR count). The Hall–Kier alpha value is -1.45. The molecule has 1 fully saturated rings. The van der Waals surface area contributed by atoms with Crippen LogP contribution in [0.1, 0.15) is 18.4 Å². The van der Waals surface area contributed by atoms with Gasteiger partial charge in [-0.05, 0) is 31.0 Å². The number of alkyl halides is 3. The molecule has 1 saturated heterocycles. The summed E-state index contributed by atoms with van der Waals surface area (Å²) in [6.07, 6.45) is -6.21. The molecule has 2 atom stereocenters. The van der Waals surface area contributed by atoms with Crippen molar-refractivity contribution in [3.05, 3.63) is 28.8 Å². The molecule has 1 N–H and O–H groups in total. The lowest BCUT2D eigenvalue weighted by Crippen LogP contribution is -2.47. The number of aliphatic hydroxyl groups is 1. The van der Waals surface area contributed by atoms with Crippen LogP contribution < -0.4 is 4.90 Å². The minimum Gasteiger partial charge on any atom is -0.382 e. The Kier molecular flexibility index (Phi) is 4.11. The number of benzene rings is 1. The van der Waals surface area contributed by atoms with Crippen molar-refractivity contribution >= 4 is 17.3 Å². The fraction of sp³-hybridized carbons (Fsp3) is 0.462. The fourth-order valence-electron chi connectivity index (χ4n) is 2.43. The van der Waals surface area contributed by atoms with Gasteiger partial charge in [0.15, 0.2) is 6.10 Å². The summed E-state index contributed by atoms with van der Waals surface area (Å²) in [7, 11) is 0. The molecule has 7 heteroatoms. The first-order valence-corrected chi connectivity index (χ1v) is 6.43. The van der Waals surface area contributed by atoms with Crippen molar-refractivity contribution in [3.63, 3.8) is 0 Å². The molecule has 0 bridgehead atoms. The summed E-state index contributed by atoms with van der Waals surface area (Å²) < 4.78 is 37.9. The van der Waals surface area contributed by atoms with Gasteiger partial charge in [0.1, 0.15) is 6.07 Å². The lowest BCUT2D eigenvalue weighted by atomic mass is 10.1. The van der Waals surface area contributed by atoms with Crippen molar-refractivity contribution < 1.29 is 18.3 Å². The van der Waals surface area contributed by atoms with E-state index in [4.69, 9.17) is 16.9 Å². The molecule has 0 saturated carbocycles. The quantitative estimate of drug-likeness (QED) is 0.913. The molecule has 0 spiro atoms.